The second-order valence-electron chi connectivity index (χ2n) is 6.81. The first-order chi connectivity index (χ1) is 9.03. The van der Waals surface area contributed by atoms with Crippen molar-refractivity contribution < 1.29 is 9.53 Å². The van der Waals surface area contributed by atoms with E-state index in [0.29, 0.717) is 17.6 Å². The van der Waals surface area contributed by atoms with E-state index in [-0.39, 0.29) is 5.92 Å². The van der Waals surface area contributed by atoms with Gasteiger partial charge in [0, 0.05) is 25.6 Å². The van der Waals surface area contributed by atoms with Crippen molar-refractivity contribution in [1.82, 2.24) is 0 Å². The minimum atomic E-state index is 0.172. The zero-order valence-electron chi connectivity index (χ0n) is 13.2. The standard InChI is InChI=1S/C17H32O2/c1-15(2)16(18)9-7-13-19-14-8-12-17(3)10-5-4-6-11-17/h15H,4-14H2,1-3H3. The van der Waals surface area contributed by atoms with E-state index in [1.54, 1.807) is 0 Å². The molecule has 1 fully saturated rings. The predicted molar refractivity (Wildman–Crippen MR) is 80.3 cm³/mol. The van der Waals surface area contributed by atoms with Crippen LogP contribution in [0.25, 0.3) is 0 Å². The van der Waals surface area contributed by atoms with Crippen LogP contribution < -0.4 is 0 Å². The second-order valence-corrected chi connectivity index (χ2v) is 6.81. The molecule has 0 unspecified atom stereocenters. The lowest BCUT2D eigenvalue weighted by atomic mass is 9.73. The van der Waals surface area contributed by atoms with Gasteiger partial charge in [-0.1, -0.05) is 40.0 Å². The van der Waals surface area contributed by atoms with Crippen molar-refractivity contribution in [3.8, 4) is 0 Å². The lowest BCUT2D eigenvalue weighted by molar-refractivity contribution is -0.122. The van der Waals surface area contributed by atoms with E-state index in [1.165, 1.54) is 44.9 Å². The van der Waals surface area contributed by atoms with Gasteiger partial charge in [0.2, 0.25) is 0 Å². The molecule has 0 saturated heterocycles. The Labute approximate surface area is 119 Å². The van der Waals surface area contributed by atoms with Crippen LogP contribution in [-0.4, -0.2) is 19.0 Å². The van der Waals surface area contributed by atoms with Crippen molar-refractivity contribution in [3.05, 3.63) is 0 Å². The van der Waals surface area contributed by atoms with Crippen LogP contribution in [0.4, 0.5) is 0 Å². The molecule has 0 spiro atoms. The van der Waals surface area contributed by atoms with E-state index in [9.17, 15) is 4.79 Å². The maximum Gasteiger partial charge on any atom is 0.135 e. The van der Waals surface area contributed by atoms with Crippen molar-refractivity contribution in [3.63, 3.8) is 0 Å². The van der Waals surface area contributed by atoms with Gasteiger partial charge < -0.3 is 4.74 Å². The molecule has 2 nitrogen and oxygen atoms in total. The Morgan fingerprint density at radius 1 is 1.11 bits per heavy atom. The Balaban J connectivity index is 1.95. The maximum atomic E-state index is 11.4. The molecule has 1 aliphatic carbocycles. The third kappa shape index (κ3) is 7.10. The quantitative estimate of drug-likeness (QED) is 0.564. The van der Waals surface area contributed by atoms with Crippen LogP contribution in [0.2, 0.25) is 0 Å². The molecule has 0 aliphatic heterocycles. The van der Waals surface area contributed by atoms with E-state index < -0.39 is 0 Å². The first kappa shape index (κ1) is 16.7. The van der Waals surface area contributed by atoms with Gasteiger partial charge in [-0.05, 0) is 37.5 Å². The topological polar surface area (TPSA) is 26.3 Å². The fraction of sp³-hybridized carbons (Fsp3) is 0.941. The van der Waals surface area contributed by atoms with Crippen LogP contribution in [0, 0.1) is 11.3 Å². The Bertz CT molecular complexity index is 252. The lowest BCUT2D eigenvalue weighted by Gasteiger charge is -2.33. The predicted octanol–water partition coefficient (Wildman–Crippen LogP) is 4.76. The van der Waals surface area contributed by atoms with Crippen LogP contribution in [0.3, 0.4) is 0 Å². The average molecular weight is 268 g/mol. The first-order valence-electron chi connectivity index (χ1n) is 8.14. The van der Waals surface area contributed by atoms with Crippen molar-refractivity contribution in [1.29, 1.82) is 0 Å². The van der Waals surface area contributed by atoms with Gasteiger partial charge >= 0.3 is 0 Å². The highest BCUT2D eigenvalue weighted by Gasteiger charge is 2.25. The van der Waals surface area contributed by atoms with Gasteiger partial charge in [0.15, 0.2) is 0 Å². The fourth-order valence-electron chi connectivity index (χ4n) is 3.00. The van der Waals surface area contributed by atoms with E-state index in [1.807, 2.05) is 13.8 Å². The monoisotopic (exact) mass is 268 g/mol. The third-order valence-corrected chi connectivity index (χ3v) is 4.49. The Morgan fingerprint density at radius 2 is 1.74 bits per heavy atom. The molecule has 0 bridgehead atoms. The Kier molecular flexibility index (Phi) is 7.67. The summed E-state index contributed by atoms with van der Waals surface area (Å²) in [6.07, 6.45) is 11.1. The van der Waals surface area contributed by atoms with Gasteiger partial charge in [-0.15, -0.1) is 0 Å². The molecule has 0 aromatic carbocycles. The number of carbonyl (C=O) groups excluding carboxylic acids is 1. The van der Waals surface area contributed by atoms with Gasteiger partial charge in [-0.3, -0.25) is 4.79 Å². The largest absolute Gasteiger partial charge is 0.381 e. The molecule has 1 saturated carbocycles. The highest BCUT2D eigenvalue weighted by molar-refractivity contribution is 5.80. The number of hydrogen-bond donors (Lipinski definition) is 0. The minimum absolute atomic E-state index is 0.172. The van der Waals surface area contributed by atoms with Crippen molar-refractivity contribution in [2.45, 2.75) is 78.6 Å². The summed E-state index contributed by atoms with van der Waals surface area (Å²) in [6.45, 7) is 7.98. The summed E-state index contributed by atoms with van der Waals surface area (Å²) in [5.74, 6) is 0.532. The van der Waals surface area contributed by atoms with Gasteiger partial charge in [0.25, 0.3) is 0 Å². The summed E-state index contributed by atoms with van der Waals surface area (Å²) in [6, 6.07) is 0. The molecule has 0 radical (unpaired) electrons. The summed E-state index contributed by atoms with van der Waals surface area (Å²) in [5.41, 5.74) is 0.579. The lowest BCUT2D eigenvalue weighted by Crippen LogP contribution is -2.20. The molecule has 19 heavy (non-hydrogen) atoms. The Hall–Kier alpha value is -0.370. The summed E-state index contributed by atoms with van der Waals surface area (Å²) in [5, 5.41) is 0. The second kappa shape index (κ2) is 8.73. The molecular weight excluding hydrogens is 236 g/mol. The number of hydrogen-bond acceptors (Lipinski definition) is 2. The molecular formula is C17H32O2. The number of carbonyl (C=O) groups is 1. The van der Waals surface area contributed by atoms with E-state index >= 15 is 0 Å². The number of rotatable bonds is 9. The molecule has 0 aromatic heterocycles. The van der Waals surface area contributed by atoms with Gasteiger partial charge in [-0.25, -0.2) is 0 Å². The molecule has 2 heteroatoms. The molecule has 1 aliphatic rings. The van der Waals surface area contributed by atoms with E-state index in [2.05, 4.69) is 6.92 Å². The van der Waals surface area contributed by atoms with Crippen LogP contribution >= 0.6 is 0 Å². The zero-order valence-corrected chi connectivity index (χ0v) is 13.2. The van der Waals surface area contributed by atoms with Gasteiger partial charge in [0.05, 0.1) is 0 Å². The van der Waals surface area contributed by atoms with Crippen molar-refractivity contribution in [2.24, 2.45) is 11.3 Å². The summed E-state index contributed by atoms with van der Waals surface area (Å²) >= 11 is 0. The van der Waals surface area contributed by atoms with Crippen LogP contribution in [0.15, 0.2) is 0 Å². The number of Topliss-reactive ketones (excluding diaryl/α,β-unsaturated/α-hetero) is 1. The van der Waals surface area contributed by atoms with Crippen LogP contribution in [0.1, 0.15) is 78.6 Å². The molecule has 0 amide bonds. The zero-order chi connectivity index (χ0) is 14.1. The smallest absolute Gasteiger partial charge is 0.135 e. The highest BCUT2D eigenvalue weighted by Crippen LogP contribution is 2.39. The molecule has 1 rings (SSSR count). The highest BCUT2D eigenvalue weighted by atomic mass is 16.5. The molecule has 0 aromatic rings. The Morgan fingerprint density at radius 3 is 2.37 bits per heavy atom. The van der Waals surface area contributed by atoms with Crippen molar-refractivity contribution in [2.75, 3.05) is 13.2 Å². The molecule has 0 heterocycles. The van der Waals surface area contributed by atoms with Gasteiger partial charge in [0.1, 0.15) is 5.78 Å². The summed E-state index contributed by atoms with van der Waals surface area (Å²) in [7, 11) is 0. The fourth-order valence-corrected chi connectivity index (χ4v) is 3.00. The summed E-state index contributed by atoms with van der Waals surface area (Å²) in [4.78, 5) is 11.4. The molecule has 0 N–H and O–H groups in total. The van der Waals surface area contributed by atoms with Crippen LogP contribution in [0.5, 0.6) is 0 Å². The normalized spacial score (nSPS) is 18.7. The maximum absolute atomic E-state index is 11.4. The molecule has 0 atom stereocenters. The van der Waals surface area contributed by atoms with Gasteiger partial charge in [-0.2, -0.15) is 0 Å². The summed E-state index contributed by atoms with van der Waals surface area (Å²) < 4.78 is 5.65. The number of ether oxygens (including phenoxy) is 1. The minimum Gasteiger partial charge on any atom is -0.381 e. The van der Waals surface area contributed by atoms with Crippen LogP contribution in [-0.2, 0) is 9.53 Å². The first-order valence-corrected chi connectivity index (χ1v) is 8.14. The number of ketones is 1. The SMILES string of the molecule is CC(C)C(=O)CCCOCCCC1(C)CCCCC1. The van der Waals surface area contributed by atoms with E-state index in [4.69, 9.17) is 4.74 Å². The van der Waals surface area contributed by atoms with Crippen molar-refractivity contribution >= 4 is 5.78 Å². The third-order valence-electron chi connectivity index (χ3n) is 4.49. The van der Waals surface area contributed by atoms with E-state index in [0.717, 1.165) is 19.6 Å². The molecule has 112 valence electrons. The average Bonchev–Trinajstić information content (AvgIpc) is 2.38.